The van der Waals surface area contributed by atoms with E-state index in [2.05, 4.69) is 27.7 Å². The maximum atomic E-state index is 14.4. The lowest BCUT2D eigenvalue weighted by Crippen LogP contribution is -2.42. The van der Waals surface area contributed by atoms with Crippen molar-refractivity contribution in [1.29, 1.82) is 0 Å². The Labute approximate surface area is 176 Å². The van der Waals surface area contributed by atoms with Crippen LogP contribution in [0.25, 0.3) is 0 Å². The third kappa shape index (κ3) is 4.45. The van der Waals surface area contributed by atoms with Crippen molar-refractivity contribution in [1.82, 2.24) is 15.1 Å². The SMILES string of the molecule is CCO/N=C(\C)C1=CC=C(C2=CC=CC(C)C2NC(=O)c2c(C)nn(C)c2F)CC1. The number of allylic oxidation sites excluding steroid dienone is 5. The molecule has 0 aliphatic heterocycles. The molecule has 160 valence electrons. The molecule has 7 heteroatoms. The molecule has 2 aliphatic rings. The molecule has 6 nitrogen and oxygen atoms in total. The highest BCUT2D eigenvalue weighted by atomic mass is 19.1. The van der Waals surface area contributed by atoms with Gasteiger partial charge < -0.3 is 10.2 Å². The van der Waals surface area contributed by atoms with E-state index in [1.807, 2.05) is 39.0 Å². The molecule has 3 rings (SSSR count). The van der Waals surface area contributed by atoms with E-state index in [1.54, 1.807) is 6.92 Å². The van der Waals surface area contributed by atoms with Crippen LogP contribution in [-0.2, 0) is 11.9 Å². The lowest BCUT2D eigenvalue weighted by atomic mass is 9.81. The Morgan fingerprint density at radius 1 is 1.37 bits per heavy atom. The summed E-state index contributed by atoms with van der Waals surface area (Å²) in [5, 5.41) is 11.2. The smallest absolute Gasteiger partial charge is 0.258 e. The largest absolute Gasteiger partial charge is 0.396 e. The fourth-order valence-corrected chi connectivity index (χ4v) is 3.85. The van der Waals surface area contributed by atoms with E-state index < -0.39 is 11.9 Å². The van der Waals surface area contributed by atoms with Gasteiger partial charge in [0.25, 0.3) is 5.91 Å². The number of hydrogen-bond donors (Lipinski definition) is 1. The maximum absolute atomic E-state index is 14.4. The molecule has 0 fully saturated rings. The van der Waals surface area contributed by atoms with E-state index in [0.29, 0.717) is 12.3 Å². The third-order valence-corrected chi connectivity index (χ3v) is 5.53. The summed E-state index contributed by atoms with van der Waals surface area (Å²) in [6.07, 6.45) is 11.9. The molecule has 1 aromatic rings. The molecule has 0 spiro atoms. The molecule has 0 aromatic carbocycles. The molecule has 0 saturated heterocycles. The highest BCUT2D eigenvalue weighted by Crippen LogP contribution is 2.32. The molecule has 30 heavy (non-hydrogen) atoms. The number of nitrogens with one attached hydrogen (secondary N) is 1. The van der Waals surface area contributed by atoms with Gasteiger partial charge in [0.1, 0.15) is 12.2 Å². The maximum Gasteiger partial charge on any atom is 0.258 e. The molecule has 0 bridgehead atoms. The van der Waals surface area contributed by atoms with E-state index in [1.165, 1.54) is 7.05 Å². The molecular weight excluding hydrogens is 383 g/mol. The standard InChI is InChI=1S/C23H29FN4O2/c1-6-30-27-15(3)17-10-12-18(13-11-17)19-9-7-8-14(2)21(19)25-23(29)20-16(4)26-28(5)22(20)24/h7-10,12,14,21H,6,11,13H2,1-5H3,(H,25,29)/b27-15+. The number of aryl methyl sites for hydroxylation is 2. The monoisotopic (exact) mass is 412 g/mol. The number of carbonyl (C=O) groups is 1. The number of hydrogen-bond acceptors (Lipinski definition) is 4. The van der Waals surface area contributed by atoms with E-state index in [9.17, 15) is 9.18 Å². The summed E-state index contributed by atoms with van der Waals surface area (Å²) in [6.45, 7) is 8.08. The predicted octanol–water partition coefficient (Wildman–Crippen LogP) is 4.16. The molecule has 1 heterocycles. The second-order valence-electron chi connectivity index (χ2n) is 7.67. The number of carbonyl (C=O) groups excluding carboxylic acids is 1. The quantitative estimate of drug-likeness (QED) is 0.564. The molecule has 2 unspecified atom stereocenters. The number of halogens is 1. The Bertz CT molecular complexity index is 982. The van der Waals surface area contributed by atoms with Gasteiger partial charge in [-0.15, -0.1) is 0 Å². The second kappa shape index (κ2) is 9.24. The molecule has 2 aliphatic carbocycles. The Morgan fingerprint density at radius 3 is 2.73 bits per heavy atom. The topological polar surface area (TPSA) is 68.5 Å². The van der Waals surface area contributed by atoms with Crippen LogP contribution < -0.4 is 5.32 Å². The first-order valence-corrected chi connectivity index (χ1v) is 10.3. The van der Waals surface area contributed by atoms with Crippen molar-refractivity contribution in [2.24, 2.45) is 18.1 Å². The zero-order valence-corrected chi connectivity index (χ0v) is 18.2. The van der Waals surface area contributed by atoms with E-state index in [0.717, 1.165) is 40.0 Å². The zero-order valence-electron chi connectivity index (χ0n) is 18.2. The van der Waals surface area contributed by atoms with Crippen LogP contribution in [0.5, 0.6) is 0 Å². The lowest BCUT2D eigenvalue weighted by Gasteiger charge is -2.30. The molecule has 1 amide bonds. The molecule has 2 atom stereocenters. The molecule has 1 N–H and O–H groups in total. The van der Waals surface area contributed by atoms with Crippen molar-refractivity contribution in [3.05, 3.63) is 64.3 Å². The van der Waals surface area contributed by atoms with Crippen LogP contribution in [0, 0.1) is 18.8 Å². The van der Waals surface area contributed by atoms with Crippen LogP contribution in [0.3, 0.4) is 0 Å². The average molecular weight is 413 g/mol. The van der Waals surface area contributed by atoms with Crippen molar-refractivity contribution in [3.8, 4) is 0 Å². The van der Waals surface area contributed by atoms with Crippen LogP contribution in [0.15, 0.2) is 52.3 Å². The number of oxime groups is 1. The van der Waals surface area contributed by atoms with Gasteiger partial charge in [-0.05, 0) is 56.3 Å². The minimum absolute atomic E-state index is 0.00108. The van der Waals surface area contributed by atoms with Crippen molar-refractivity contribution in [2.45, 2.75) is 46.6 Å². The number of nitrogens with zero attached hydrogens (tertiary/aromatic N) is 3. The highest BCUT2D eigenvalue weighted by molar-refractivity contribution is 5.98. The summed E-state index contributed by atoms with van der Waals surface area (Å²) >= 11 is 0. The number of amides is 1. The zero-order chi connectivity index (χ0) is 21.8. The van der Waals surface area contributed by atoms with Crippen LogP contribution in [0.2, 0.25) is 0 Å². The van der Waals surface area contributed by atoms with Crippen LogP contribution in [0.4, 0.5) is 4.39 Å². The Balaban J connectivity index is 1.83. The normalized spacial score (nSPS) is 21.7. The first-order chi connectivity index (χ1) is 14.3. The van der Waals surface area contributed by atoms with E-state index in [4.69, 9.17) is 4.84 Å². The van der Waals surface area contributed by atoms with E-state index >= 15 is 0 Å². The summed E-state index contributed by atoms with van der Waals surface area (Å²) in [6, 6.07) is -0.235. The van der Waals surface area contributed by atoms with Crippen molar-refractivity contribution in [3.63, 3.8) is 0 Å². The number of aromatic nitrogens is 2. The first-order valence-electron chi connectivity index (χ1n) is 10.3. The van der Waals surface area contributed by atoms with Gasteiger partial charge in [0, 0.05) is 7.05 Å². The Kier molecular flexibility index (Phi) is 6.70. The highest BCUT2D eigenvalue weighted by Gasteiger charge is 2.29. The fraction of sp³-hybridized carbons (Fsp3) is 0.435. The van der Waals surface area contributed by atoms with Gasteiger partial charge in [-0.3, -0.25) is 4.79 Å². The lowest BCUT2D eigenvalue weighted by molar-refractivity contribution is 0.0931. The number of rotatable bonds is 6. The Morgan fingerprint density at radius 2 is 2.13 bits per heavy atom. The van der Waals surface area contributed by atoms with Gasteiger partial charge in [-0.25, -0.2) is 4.68 Å². The van der Waals surface area contributed by atoms with Crippen molar-refractivity contribution < 1.29 is 14.0 Å². The second-order valence-corrected chi connectivity index (χ2v) is 7.67. The van der Waals surface area contributed by atoms with Gasteiger partial charge in [0.05, 0.1) is 17.4 Å². The summed E-state index contributed by atoms with van der Waals surface area (Å²) in [5.41, 5.74) is 4.61. The molecule has 0 radical (unpaired) electrons. The summed E-state index contributed by atoms with van der Waals surface area (Å²) in [7, 11) is 1.49. The van der Waals surface area contributed by atoms with Crippen molar-refractivity contribution in [2.75, 3.05) is 6.61 Å². The molecule has 1 aromatic heterocycles. The van der Waals surface area contributed by atoms with Gasteiger partial charge in [-0.2, -0.15) is 9.49 Å². The van der Waals surface area contributed by atoms with Crippen LogP contribution in [0.1, 0.15) is 49.7 Å². The summed E-state index contributed by atoms with van der Waals surface area (Å²) in [4.78, 5) is 18.0. The van der Waals surface area contributed by atoms with Gasteiger partial charge in [0.2, 0.25) is 5.95 Å². The predicted molar refractivity (Wildman–Crippen MR) is 116 cm³/mol. The fourth-order valence-electron chi connectivity index (χ4n) is 3.85. The Hall–Kier alpha value is -2.96. The summed E-state index contributed by atoms with van der Waals surface area (Å²) in [5.74, 6) is -0.979. The van der Waals surface area contributed by atoms with Gasteiger partial charge in [0.15, 0.2) is 0 Å². The third-order valence-electron chi connectivity index (χ3n) is 5.53. The summed E-state index contributed by atoms with van der Waals surface area (Å²) < 4.78 is 15.4. The van der Waals surface area contributed by atoms with Gasteiger partial charge >= 0.3 is 0 Å². The minimum atomic E-state index is -0.622. The van der Waals surface area contributed by atoms with Gasteiger partial charge in [-0.1, -0.05) is 42.5 Å². The minimum Gasteiger partial charge on any atom is -0.396 e. The van der Waals surface area contributed by atoms with Crippen LogP contribution in [-0.4, -0.2) is 34.0 Å². The van der Waals surface area contributed by atoms with E-state index in [-0.39, 0.29) is 17.5 Å². The van der Waals surface area contributed by atoms with Crippen LogP contribution >= 0.6 is 0 Å². The molecule has 0 saturated carbocycles. The molecular formula is C23H29FN4O2. The first kappa shape index (κ1) is 21.7. The van der Waals surface area contributed by atoms with Crippen molar-refractivity contribution >= 4 is 11.6 Å². The average Bonchev–Trinajstić information content (AvgIpc) is 2.99.